The Labute approximate surface area is 168 Å². The zero-order valence-corrected chi connectivity index (χ0v) is 17.1. The van der Waals surface area contributed by atoms with E-state index in [0.717, 1.165) is 29.8 Å². The molecule has 0 bridgehead atoms. The van der Waals surface area contributed by atoms with Gasteiger partial charge in [0, 0.05) is 12.6 Å². The molecule has 0 aliphatic carbocycles. The number of ether oxygens (including phenoxy) is 3. The van der Waals surface area contributed by atoms with Crippen LogP contribution >= 0.6 is 35.3 Å². The molecule has 6 nitrogen and oxygen atoms in total. The standard InChI is InChI=1S/C17H21N3O3S.HI/c1-2-18-17(20-10-13-5-8-24-11-13)19-6-7-21-14-3-4-15-16(9-14)23-12-22-15;/h3-5,8-9,11H,2,6-7,10,12H2,1H3,(H2,18,19,20);1H. The van der Waals surface area contributed by atoms with Gasteiger partial charge < -0.3 is 24.8 Å². The number of guanidine groups is 1. The van der Waals surface area contributed by atoms with Gasteiger partial charge >= 0.3 is 0 Å². The van der Waals surface area contributed by atoms with Gasteiger partial charge in [0.05, 0.1) is 13.1 Å². The van der Waals surface area contributed by atoms with Crippen molar-refractivity contribution in [3.63, 3.8) is 0 Å². The van der Waals surface area contributed by atoms with E-state index in [0.29, 0.717) is 19.7 Å². The maximum atomic E-state index is 5.73. The molecule has 136 valence electrons. The first-order chi connectivity index (χ1) is 11.8. The molecule has 2 aromatic rings. The lowest BCUT2D eigenvalue weighted by Crippen LogP contribution is -2.39. The topological polar surface area (TPSA) is 64.1 Å². The van der Waals surface area contributed by atoms with Gasteiger partial charge in [-0.1, -0.05) is 0 Å². The van der Waals surface area contributed by atoms with Gasteiger partial charge in [0.25, 0.3) is 0 Å². The summed E-state index contributed by atoms with van der Waals surface area (Å²) in [7, 11) is 0. The third-order valence-electron chi connectivity index (χ3n) is 3.35. The number of nitrogens with zero attached hydrogens (tertiary/aromatic N) is 1. The lowest BCUT2D eigenvalue weighted by Gasteiger charge is -2.12. The van der Waals surface area contributed by atoms with E-state index in [-0.39, 0.29) is 30.8 Å². The molecule has 1 aliphatic heterocycles. The van der Waals surface area contributed by atoms with Crippen molar-refractivity contribution < 1.29 is 14.2 Å². The number of hydrogen-bond donors (Lipinski definition) is 2. The monoisotopic (exact) mass is 475 g/mol. The van der Waals surface area contributed by atoms with Crippen molar-refractivity contribution >= 4 is 41.3 Å². The smallest absolute Gasteiger partial charge is 0.231 e. The van der Waals surface area contributed by atoms with Crippen molar-refractivity contribution in [2.24, 2.45) is 4.99 Å². The fourth-order valence-corrected chi connectivity index (χ4v) is 2.86. The van der Waals surface area contributed by atoms with Crippen molar-refractivity contribution in [1.82, 2.24) is 10.6 Å². The highest BCUT2D eigenvalue weighted by atomic mass is 127. The quantitative estimate of drug-likeness (QED) is 0.279. The fraction of sp³-hybridized carbons (Fsp3) is 0.353. The number of thiophene rings is 1. The molecule has 3 rings (SSSR count). The summed E-state index contributed by atoms with van der Waals surface area (Å²) >= 11 is 1.68. The Kier molecular flexibility index (Phi) is 8.13. The second-order valence-electron chi connectivity index (χ2n) is 5.12. The van der Waals surface area contributed by atoms with E-state index in [1.165, 1.54) is 5.56 Å². The molecular weight excluding hydrogens is 453 g/mol. The minimum Gasteiger partial charge on any atom is -0.492 e. The highest BCUT2D eigenvalue weighted by molar-refractivity contribution is 14.0. The van der Waals surface area contributed by atoms with Crippen LogP contribution in [-0.2, 0) is 6.54 Å². The van der Waals surface area contributed by atoms with E-state index in [1.54, 1.807) is 11.3 Å². The zero-order chi connectivity index (χ0) is 16.6. The van der Waals surface area contributed by atoms with Gasteiger partial charge in [0.15, 0.2) is 17.5 Å². The molecule has 2 heterocycles. The highest BCUT2D eigenvalue weighted by Gasteiger charge is 2.13. The van der Waals surface area contributed by atoms with Crippen LogP contribution < -0.4 is 24.8 Å². The number of hydrogen-bond acceptors (Lipinski definition) is 5. The van der Waals surface area contributed by atoms with Crippen LogP contribution in [0, 0.1) is 0 Å². The molecule has 1 aliphatic rings. The first-order valence-corrected chi connectivity index (χ1v) is 8.85. The molecule has 0 amide bonds. The van der Waals surface area contributed by atoms with Crippen LogP contribution in [0.1, 0.15) is 12.5 Å². The van der Waals surface area contributed by atoms with E-state index in [1.807, 2.05) is 25.1 Å². The number of halogens is 1. The van der Waals surface area contributed by atoms with Crippen LogP contribution in [0.25, 0.3) is 0 Å². The molecule has 0 unspecified atom stereocenters. The molecule has 0 spiro atoms. The predicted octanol–water partition coefficient (Wildman–Crippen LogP) is 3.23. The summed E-state index contributed by atoms with van der Waals surface area (Å²) in [5, 5.41) is 10.7. The third-order valence-corrected chi connectivity index (χ3v) is 4.08. The molecule has 1 aromatic carbocycles. The predicted molar refractivity (Wildman–Crippen MR) is 111 cm³/mol. The summed E-state index contributed by atoms with van der Waals surface area (Å²) in [5.41, 5.74) is 1.22. The normalized spacial score (nSPS) is 12.4. The van der Waals surface area contributed by atoms with Gasteiger partial charge in [-0.3, -0.25) is 0 Å². The molecule has 2 N–H and O–H groups in total. The molecule has 0 atom stereocenters. The maximum Gasteiger partial charge on any atom is 0.231 e. The number of rotatable bonds is 7. The lowest BCUT2D eigenvalue weighted by molar-refractivity contribution is 0.173. The summed E-state index contributed by atoms with van der Waals surface area (Å²) in [6.45, 7) is 4.99. The molecule has 1 aromatic heterocycles. The SMILES string of the molecule is CCNC(=NCc1ccsc1)NCCOc1ccc2c(c1)OCO2.I. The minimum atomic E-state index is 0. The van der Waals surface area contributed by atoms with Gasteiger partial charge in [0.1, 0.15) is 12.4 Å². The molecule has 0 radical (unpaired) electrons. The van der Waals surface area contributed by atoms with E-state index in [4.69, 9.17) is 14.2 Å². The Morgan fingerprint density at radius 2 is 2.12 bits per heavy atom. The van der Waals surface area contributed by atoms with Crippen LogP contribution in [0.3, 0.4) is 0 Å². The summed E-state index contributed by atoms with van der Waals surface area (Å²) in [5.74, 6) is 3.04. The Bertz CT molecular complexity index is 680. The van der Waals surface area contributed by atoms with E-state index >= 15 is 0 Å². The molecular formula is C17H22IN3O3S. The number of aliphatic imine (C=N–C) groups is 1. The summed E-state index contributed by atoms with van der Waals surface area (Å²) < 4.78 is 16.3. The van der Waals surface area contributed by atoms with Gasteiger partial charge in [-0.2, -0.15) is 11.3 Å². The largest absolute Gasteiger partial charge is 0.492 e. The molecule has 0 saturated heterocycles. The number of nitrogens with one attached hydrogen (secondary N) is 2. The van der Waals surface area contributed by atoms with E-state index in [9.17, 15) is 0 Å². The molecule has 0 fully saturated rings. The Balaban J connectivity index is 0.00000225. The van der Waals surface area contributed by atoms with Crippen LogP contribution in [-0.4, -0.2) is 32.4 Å². The van der Waals surface area contributed by atoms with E-state index < -0.39 is 0 Å². The van der Waals surface area contributed by atoms with Gasteiger partial charge in [0.2, 0.25) is 6.79 Å². The summed E-state index contributed by atoms with van der Waals surface area (Å²) in [4.78, 5) is 4.56. The number of benzene rings is 1. The average molecular weight is 475 g/mol. The maximum absolute atomic E-state index is 5.73. The Hall–Kier alpha value is -1.68. The highest BCUT2D eigenvalue weighted by Crippen LogP contribution is 2.34. The van der Waals surface area contributed by atoms with Gasteiger partial charge in [-0.15, -0.1) is 24.0 Å². The zero-order valence-electron chi connectivity index (χ0n) is 14.0. The minimum absolute atomic E-state index is 0. The van der Waals surface area contributed by atoms with Crippen molar-refractivity contribution in [1.29, 1.82) is 0 Å². The average Bonchev–Trinajstić information content (AvgIpc) is 3.27. The van der Waals surface area contributed by atoms with Crippen LogP contribution in [0.15, 0.2) is 40.0 Å². The van der Waals surface area contributed by atoms with Crippen molar-refractivity contribution in [2.45, 2.75) is 13.5 Å². The molecule has 25 heavy (non-hydrogen) atoms. The van der Waals surface area contributed by atoms with Gasteiger partial charge in [-0.05, 0) is 41.4 Å². The van der Waals surface area contributed by atoms with Crippen LogP contribution in [0.5, 0.6) is 17.2 Å². The van der Waals surface area contributed by atoms with Crippen molar-refractivity contribution in [3.8, 4) is 17.2 Å². The van der Waals surface area contributed by atoms with Gasteiger partial charge in [-0.25, -0.2) is 4.99 Å². The molecule has 8 heteroatoms. The first kappa shape index (κ1) is 19.6. The second kappa shape index (κ2) is 10.3. The lowest BCUT2D eigenvalue weighted by atomic mass is 10.3. The first-order valence-electron chi connectivity index (χ1n) is 7.91. The summed E-state index contributed by atoms with van der Waals surface area (Å²) in [6.07, 6.45) is 0. The van der Waals surface area contributed by atoms with Crippen molar-refractivity contribution in [3.05, 3.63) is 40.6 Å². The second-order valence-corrected chi connectivity index (χ2v) is 5.90. The fourth-order valence-electron chi connectivity index (χ4n) is 2.20. The Morgan fingerprint density at radius 3 is 2.92 bits per heavy atom. The molecule has 0 saturated carbocycles. The van der Waals surface area contributed by atoms with Crippen LogP contribution in [0.4, 0.5) is 0 Å². The van der Waals surface area contributed by atoms with Crippen molar-refractivity contribution in [2.75, 3.05) is 26.5 Å². The van der Waals surface area contributed by atoms with Crippen LogP contribution in [0.2, 0.25) is 0 Å². The third kappa shape index (κ3) is 5.96. The Morgan fingerprint density at radius 1 is 1.24 bits per heavy atom. The number of fused-ring (bicyclic) bond motifs is 1. The van der Waals surface area contributed by atoms with E-state index in [2.05, 4.69) is 32.5 Å². The summed E-state index contributed by atoms with van der Waals surface area (Å²) in [6, 6.07) is 7.67.